The minimum Gasteiger partial charge on any atom is -0.339 e. The lowest BCUT2D eigenvalue weighted by Gasteiger charge is -2.35. The molecule has 0 spiro atoms. The lowest BCUT2D eigenvalue weighted by atomic mass is 9.93. The van der Waals surface area contributed by atoms with Crippen LogP contribution in [0.25, 0.3) is 10.8 Å². The van der Waals surface area contributed by atoms with Crippen LogP contribution in [0.15, 0.2) is 53.9 Å². The van der Waals surface area contributed by atoms with Crippen molar-refractivity contribution in [2.45, 2.75) is 25.8 Å². The SMILES string of the molecule is O=C(c1cccc2ccccc12)N1CCC(C(=O)N2CCc3sccc3C2)CC1. The molecule has 4 nitrogen and oxygen atoms in total. The molecule has 0 saturated carbocycles. The Hall–Kier alpha value is -2.66. The summed E-state index contributed by atoms with van der Waals surface area (Å²) in [6.45, 7) is 2.86. The molecule has 2 aromatic carbocycles. The van der Waals surface area contributed by atoms with E-state index >= 15 is 0 Å². The van der Waals surface area contributed by atoms with Crippen molar-refractivity contribution in [3.05, 3.63) is 69.9 Å². The molecule has 0 atom stereocenters. The quantitative estimate of drug-likeness (QED) is 0.638. The van der Waals surface area contributed by atoms with E-state index in [-0.39, 0.29) is 17.7 Å². The molecule has 2 aliphatic heterocycles. The summed E-state index contributed by atoms with van der Waals surface area (Å²) in [5.41, 5.74) is 2.06. The molecule has 3 aromatic rings. The first-order chi connectivity index (χ1) is 14.2. The van der Waals surface area contributed by atoms with E-state index in [9.17, 15) is 9.59 Å². The molecule has 1 fully saturated rings. The van der Waals surface area contributed by atoms with Gasteiger partial charge in [-0.2, -0.15) is 0 Å². The van der Waals surface area contributed by atoms with Crippen molar-refractivity contribution in [1.29, 1.82) is 0 Å². The molecule has 0 aliphatic carbocycles. The Kier molecular flexibility index (Phi) is 4.84. The Morgan fingerprint density at radius 2 is 1.69 bits per heavy atom. The Balaban J connectivity index is 1.24. The molecular formula is C24H24N2O2S. The minimum absolute atomic E-state index is 0.0340. The van der Waals surface area contributed by atoms with Crippen LogP contribution in [0.3, 0.4) is 0 Å². The van der Waals surface area contributed by atoms with Crippen molar-refractivity contribution < 1.29 is 9.59 Å². The van der Waals surface area contributed by atoms with Crippen molar-refractivity contribution in [1.82, 2.24) is 9.80 Å². The van der Waals surface area contributed by atoms with Gasteiger partial charge < -0.3 is 9.80 Å². The molecule has 5 rings (SSSR count). The Bertz CT molecular complexity index is 1060. The summed E-state index contributed by atoms with van der Waals surface area (Å²) in [6.07, 6.45) is 2.47. The highest BCUT2D eigenvalue weighted by Crippen LogP contribution is 2.28. The van der Waals surface area contributed by atoms with E-state index in [1.807, 2.05) is 52.3 Å². The first kappa shape index (κ1) is 18.4. The summed E-state index contributed by atoms with van der Waals surface area (Å²) in [5.74, 6) is 0.374. The van der Waals surface area contributed by atoms with Crippen LogP contribution in [0.5, 0.6) is 0 Å². The summed E-state index contributed by atoms with van der Waals surface area (Å²) >= 11 is 1.79. The highest BCUT2D eigenvalue weighted by Gasteiger charge is 2.32. The first-order valence-corrected chi connectivity index (χ1v) is 11.2. The predicted molar refractivity (Wildman–Crippen MR) is 116 cm³/mol. The maximum atomic E-state index is 13.1. The van der Waals surface area contributed by atoms with Crippen LogP contribution >= 0.6 is 11.3 Å². The number of thiophene rings is 1. The van der Waals surface area contributed by atoms with Crippen LogP contribution < -0.4 is 0 Å². The summed E-state index contributed by atoms with van der Waals surface area (Å²) in [5, 5.41) is 4.20. The molecule has 29 heavy (non-hydrogen) atoms. The van der Waals surface area contributed by atoms with Crippen LogP contribution in [-0.2, 0) is 17.8 Å². The van der Waals surface area contributed by atoms with Gasteiger partial charge in [-0.25, -0.2) is 0 Å². The Morgan fingerprint density at radius 3 is 2.55 bits per heavy atom. The zero-order valence-electron chi connectivity index (χ0n) is 16.3. The third-order valence-electron chi connectivity index (χ3n) is 6.27. The maximum absolute atomic E-state index is 13.1. The topological polar surface area (TPSA) is 40.6 Å². The summed E-state index contributed by atoms with van der Waals surface area (Å²) < 4.78 is 0. The summed E-state index contributed by atoms with van der Waals surface area (Å²) in [7, 11) is 0. The largest absolute Gasteiger partial charge is 0.339 e. The molecule has 1 saturated heterocycles. The number of fused-ring (bicyclic) bond motifs is 2. The summed E-state index contributed by atoms with van der Waals surface area (Å²) in [6, 6.07) is 16.0. The highest BCUT2D eigenvalue weighted by molar-refractivity contribution is 7.10. The number of carbonyl (C=O) groups excluding carboxylic acids is 2. The second-order valence-electron chi connectivity index (χ2n) is 7.97. The Labute approximate surface area is 174 Å². The number of hydrogen-bond acceptors (Lipinski definition) is 3. The number of carbonyl (C=O) groups is 2. The number of amides is 2. The van der Waals surface area contributed by atoms with Gasteiger partial charge in [0.05, 0.1) is 0 Å². The second-order valence-corrected chi connectivity index (χ2v) is 8.97. The van der Waals surface area contributed by atoms with Gasteiger partial charge in [0, 0.05) is 42.5 Å². The fraction of sp³-hybridized carbons (Fsp3) is 0.333. The standard InChI is InChI=1S/C24H24N2O2S/c27-23(26-14-10-22-19(16-26)11-15-29-22)18-8-12-25(13-9-18)24(28)21-7-3-5-17-4-1-2-6-20(17)21/h1-7,11,15,18H,8-10,12-14,16H2. The number of nitrogens with zero attached hydrogens (tertiary/aromatic N) is 2. The van der Waals surface area contributed by atoms with Crippen LogP contribution in [0.2, 0.25) is 0 Å². The molecular weight excluding hydrogens is 380 g/mol. The Morgan fingerprint density at radius 1 is 0.897 bits per heavy atom. The van der Waals surface area contributed by atoms with E-state index in [2.05, 4.69) is 11.4 Å². The second kappa shape index (κ2) is 7.64. The van der Waals surface area contributed by atoms with Gasteiger partial charge in [-0.3, -0.25) is 9.59 Å². The van der Waals surface area contributed by atoms with Gasteiger partial charge in [0.2, 0.25) is 5.91 Å². The van der Waals surface area contributed by atoms with E-state index in [4.69, 9.17) is 0 Å². The van der Waals surface area contributed by atoms with Gasteiger partial charge >= 0.3 is 0 Å². The zero-order chi connectivity index (χ0) is 19.8. The molecule has 0 N–H and O–H groups in total. The number of hydrogen-bond donors (Lipinski definition) is 0. The van der Waals surface area contributed by atoms with E-state index < -0.39 is 0 Å². The maximum Gasteiger partial charge on any atom is 0.254 e. The average Bonchev–Trinajstić information content (AvgIpc) is 3.26. The zero-order valence-corrected chi connectivity index (χ0v) is 17.2. The third kappa shape index (κ3) is 3.44. The van der Waals surface area contributed by atoms with Gasteiger partial charge in [-0.05, 0) is 53.1 Å². The molecule has 0 bridgehead atoms. The van der Waals surface area contributed by atoms with E-state index in [0.717, 1.165) is 48.7 Å². The molecule has 148 valence electrons. The molecule has 2 aliphatic rings. The normalized spacial score (nSPS) is 17.4. The molecule has 0 radical (unpaired) electrons. The van der Waals surface area contributed by atoms with Crippen LogP contribution in [0, 0.1) is 5.92 Å². The number of benzene rings is 2. The van der Waals surface area contributed by atoms with Gasteiger partial charge in [-0.1, -0.05) is 36.4 Å². The van der Waals surface area contributed by atoms with E-state index in [1.165, 1.54) is 10.4 Å². The van der Waals surface area contributed by atoms with Crippen molar-refractivity contribution in [2.24, 2.45) is 5.92 Å². The fourth-order valence-corrected chi connectivity index (χ4v) is 5.50. The third-order valence-corrected chi connectivity index (χ3v) is 7.29. The molecule has 0 unspecified atom stereocenters. The lowest BCUT2D eigenvalue weighted by molar-refractivity contribution is -0.137. The van der Waals surface area contributed by atoms with E-state index in [1.54, 1.807) is 11.3 Å². The average molecular weight is 405 g/mol. The lowest BCUT2D eigenvalue weighted by Crippen LogP contribution is -2.45. The summed E-state index contributed by atoms with van der Waals surface area (Å²) in [4.78, 5) is 31.5. The number of likely N-dealkylation sites (tertiary alicyclic amines) is 1. The molecule has 1 aromatic heterocycles. The number of piperidine rings is 1. The van der Waals surface area contributed by atoms with Crippen LogP contribution in [0.4, 0.5) is 0 Å². The minimum atomic E-state index is 0.0340. The van der Waals surface area contributed by atoms with Gasteiger partial charge in [0.1, 0.15) is 0 Å². The van der Waals surface area contributed by atoms with Crippen molar-refractivity contribution >= 4 is 33.9 Å². The molecule has 5 heteroatoms. The van der Waals surface area contributed by atoms with Crippen molar-refractivity contribution in [2.75, 3.05) is 19.6 Å². The fourth-order valence-electron chi connectivity index (χ4n) is 4.61. The highest BCUT2D eigenvalue weighted by atomic mass is 32.1. The predicted octanol–water partition coefficient (Wildman–Crippen LogP) is 4.34. The smallest absolute Gasteiger partial charge is 0.254 e. The van der Waals surface area contributed by atoms with Gasteiger partial charge in [-0.15, -0.1) is 11.3 Å². The van der Waals surface area contributed by atoms with Crippen LogP contribution in [-0.4, -0.2) is 41.2 Å². The number of rotatable bonds is 2. The first-order valence-electron chi connectivity index (χ1n) is 10.3. The van der Waals surface area contributed by atoms with E-state index in [0.29, 0.717) is 13.1 Å². The monoisotopic (exact) mass is 404 g/mol. The van der Waals surface area contributed by atoms with Gasteiger partial charge in [0.15, 0.2) is 0 Å². The van der Waals surface area contributed by atoms with Crippen LogP contribution in [0.1, 0.15) is 33.6 Å². The van der Waals surface area contributed by atoms with Crippen molar-refractivity contribution in [3.8, 4) is 0 Å². The van der Waals surface area contributed by atoms with Crippen molar-refractivity contribution in [3.63, 3.8) is 0 Å². The molecule has 3 heterocycles. The molecule has 2 amide bonds. The van der Waals surface area contributed by atoms with Gasteiger partial charge in [0.25, 0.3) is 5.91 Å².